The Balaban J connectivity index is 2.04. The summed E-state index contributed by atoms with van der Waals surface area (Å²) in [6.07, 6.45) is 3.58. The molecule has 0 radical (unpaired) electrons. The summed E-state index contributed by atoms with van der Waals surface area (Å²) in [6, 6.07) is 3.66. The van der Waals surface area contributed by atoms with Gasteiger partial charge in [0.25, 0.3) is 0 Å². The summed E-state index contributed by atoms with van der Waals surface area (Å²) in [5.41, 5.74) is 2.04. The number of pyridine rings is 1. The number of halogens is 1. The van der Waals surface area contributed by atoms with E-state index in [9.17, 15) is 0 Å². The highest BCUT2D eigenvalue weighted by Gasteiger charge is 2.07. The van der Waals surface area contributed by atoms with Crippen LogP contribution in [0.1, 0.15) is 5.69 Å². The maximum atomic E-state index is 5.73. The van der Waals surface area contributed by atoms with Crippen molar-refractivity contribution < 1.29 is 0 Å². The first-order valence-electron chi connectivity index (χ1n) is 5.61. The molecule has 2 aromatic rings. The average Bonchev–Trinajstić information content (AvgIpc) is 2.70. The Morgan fingerprint density at radius 3 is 2.61 bits per heavy atom. The third-order valence-corrected chi connectivity index (χ3v) is 2.88. The minimum Gasteiger partial charge on any atom is -0.378 e. The molecule has 1 N–H and O–H groups in total. The van der Waals surface area contributed by atoms with Gasteiger partial charge in [0.1, 0.15) is 5.15 Å². The lowest BCUT2D eigenvalue weighted by molar-refractivity contribution is 0.814. The lowest BCUT2D eigenvalue weighted by Crippen LogP contribution is -2.15. The minimum atomic E-state index is 0.496. The molecule has 6 heteroatoms. The highest BCUT2D eigenvalue weighted by Crippen LogP contribution is 2.14. The van der Waals surface area contributed by atoms with Gasteiger partial charge in [0, 0.05) is 21.1 Å². The van der Waals surface area contributed by atoms with E-state index in [1.54, 1.807) is 12.3 Å². The zero-order valence-electron chi connectivity index (χ0n) is 10.7. The molecule has 0 aliphatic carbocycles. The van der Waals surface area contributed by atoms with Gasteiger partial charge >= 0.3 is 0 Å². The molecule has 0 aromatic carbocycles. The second-order valence-corrected chi connectivity index (χ2v) is 4.61. The molecule has 5 nitrogen and oxygen atoms in total. The van der Waals surface area contributed by atoms with Gasteiger partial charge in [0.15, 0.2) is 0 Å². The Bertz CT molecular complexity index is 518. The molecule has 0 unspecified atom stereocenters. The molecule has 0 saturated carbocycles. The van der Waals surface area contributed by atoms with E-state index in [0.717, 1.165) is 17.3 Å². The number of nitrogens with zero attached hydrogens (tertiary/aromatic N) is 4. The van der Waals surface area contributed by atoms with Crippen molar-refractivity contribution in [2.24, 2.45) is 7.05 Å². The quantitative estimate of drug-likeness (QED) is 0.861. The molecule has 0 aliphatic rings. The number of imidazole rings is 1. The van der Waals surface area contributed by atoms with Gasteiger partial charge in [-0.15, -0.1) is 0 Å². The Morgan fingerprint density at radius 2 is 2.06 bits per heavy atom. The summed E-state index contributed by atoms with van der Waals surface area (Å²) in [4.78, 5) is 10.4. The summed E-state index contributed by atoms with van der Waals surface area (Å²) < 4.78 is 2.05. The second kappa shape index (κ2) is 5.27. The van der Waals surface area contributed by atoms with Crippen LogP contribution < -0.4 is 10.2 Å². The van der Waals surface area contributed by atoms with Crippen LogP contribution in [0.5, 0.6) is 0 Å². The molecule has 0 bridgehead atoms. The van der Waals surface area contributed by atoms with E-state index < -0.39 is 0 Å². The van der Waals surface area contributed by atoms with E-state index in [2.05, 4.69) is 19.9 Å². The zero-order chi connectivity index (χ0) is 13.1. The molecule has 18 heavy (non-hydrogen) atoms. The Hall–Kier alpha value is -1.75. The van der Waals surface area contributed by atoms with E-state index in [0.29, 0.717) is 11.7 Å². The van der Waals surface area contributed by atoms with Crippen molar-refractivity contribution in [1.29, 1.82) is 0 Å². The maximum Gasteiger partial charge on any atom is 0.204 e. The molecule has 2 aromatic heterocycles. The molecule has 0 spiro atoms. The second-order valence-electron chi connectivity index (χ2n) is 4.23. The van der Waals surface area contributed by atoms with E-state index in [-0.39, 0.29) is 0 Å². The van der Waals surface area contributed by atoms with Crippen LogP contribution in [0.2, 0.25) is 5.15 Å². The van der Waals surface area contributed by atoms with Crippen LogP contribution in [-0.4, -0.2) is 28.6 Å². The summed E-state index contributed by atoms with van der Waals surface area (Å²) in [5.74, 6) is 0.932. The first kappa shape index (κ1) is 12.7. The smallest absolute Gasteiger partial charge is 0.204 e. The highest BCUT2D eigenvalue weighted by atomic mass is 35.5. The Kier molecular flexibility index (Phi) is 3.72. The maximum absolute atomic E-state index is 5.73. The Morgan fingerprint density at radius 1 is 1.28 bits per heavy atom. The van der Waals surface area contributed by atoms with E-state index >= 15 is 0 Å². The SMILES string of the molecule is CN(C)c1ncc(CNc2ccc(Cl)nc2)n1C. The van der Waals surface area contributed by atoms with Crippen molar-refractivity contribution in [3.63, 3.8) is 0 Å². The van der Waals surface area contributed by atoms with Crippen LogP contribution >= 0.6 is 11.6 Å². The Labute approximate surface area is 111 Å². The predicted octanol–water partition coefficient (Wildman–Crippen LogP) is 2.15. The number of aromatic nitrogens is 3. The lowest BCUT2D eigenvalue weighted by atomic mass is 10.4. The number of hydrogen-bond acceptors (Lipinski definition) is 4. The molecule has 96 valence electrons. The predicted molar refractivity (Wildman–Crippen MR) is 74.1 cm³/mol. The molecule has 0 amide bonds. The average molecular weight is 266 g/mol. The molecule has 2 rings (SSSR count). The highest BCUT2D eigenvalue weighted by molar-refractivity contribution is 6.29. The van der Waals surface area contributed by atoms with Crippen LogP contribution in [0.4, 0.5) is 11.6 Å². The van der Waals surface area contributed by atoms with Crippen LogP contribution in [0.15, 0.2) is 24.5 Å². The largest absolute Gasteiger partial charge is 0.378 e. The minimum absolute atomic E-state index is 0.496. The standard InChI is InChI=1S/C12H16ClN5/c1-17(2)12-16-8-10(18(12)3)7-14-9-4-5-11(13)15-6-9/h4-6,8,14H,7H2,1-3H3. The molecular weight excluding hydrogens is 250 g/mol. The fraction of sp³-hybridized carbons (Fsp3) is 0.333. The van der Waals surface area contributed by atoms with Gasteiger partial charge < -0.3 is 14.8 Å². The van der Waals surface area contributed by atoms with Crippen molar-refractivity contribution in [3.05, 3.63) is 35.4 Å². The van der Waals surface area contributed by atoms with Crippen molar-refractivity contribution in [2.45, 2.75) is 6.54 Å². The normalized spacial score (nSPS) is 10.4. The summed E-state index contributed by atoms with van der Waals surface area (Å²) in [6.45, 7) is 0.695. The van der Waals surface area contributed by atoms with Gasteiger partial charge in [-0.25, -0.2) is 9.97 Å². The molecule has 0 aliphatic heterocycles. The van der Waals surface area contributed by atoms with E-state index in [1.165, 1.54) is 0 Å². The molecule has 0 atom stereocenters. The number of anilines is 2. The number of hydrogen-bond donors (Lipinski definition) is 1. The van der Waals surface area contributed by atoms with Crippen molar-refractivity contribution in [1.82, 2.24) is 14.5 Å². The monoisotopic (exact) mass is 265 g/mol. The topological polar surface area (TPSA) is 46.0 Å². The molecular formula is C12H16ClN5. The van der Waals surface area contributed by atoms with Crippen molar-refractivity contribution in [3.8, 4) is 0 Å². The van der Waals surface area contributed by atoms with Crippen molar-refractivity contribution in [2.75, 3.05) is 24.3 Å². The fourth-order valence-corrected chi connectivity index (χ4v) is 1.80. The van der Waals surface area contributed by atoms with Crippen LogP contribution in [-0.2, 0) is 13.6 Å². The van der Waals surface area contributed by atoms with E-state index in [4.69, 9.17) is 11.6 Å². The first-order chi connectivity index (χ1) is 8.58. The lowest BCUT2D eigenvalue weighted by Gasteiger charge is -2.13. The zero-order valence-corrected chi connectivity index (χ0v) is 11.4. The first-order valence-corrected chi connectivity index (χ1v) is 5.99. The summed E-state index contributed by atoms with van der Waals surface area (Å²) >= 11 is 5.73. The fourth-order valence-electron chi connectivity index (χ4n) is 1.69. The van der Waals surface area contributed by atoms with Gasteiger partial charge in [-0.1, -0.05) is 11.6 Å². The van der Waals surface area contributed by atoms with Gasteiger partial charge in [-0.2, -0.15) is 0 Å². The molecule has 0 fully saturated rings. The van der Waals surface area contributed by atoms with Gasteiger partial charge in [0.05, 0.1) is 30.3 Å². The van der Waals surface area contributed by atoms with Crippen molar-refractivity contribution >= 4 is 23.2 Å². The summed E-state index contributed by atoms with van der Waals surface area (Å²) in [7, 11) is 5.95. The van der Waals surface area contributed by atoms with Crippen LogP contribution in [0, 0.1) is 0 Å². The van der Waals surface area contributed by atoms with E-state index in [1.807, 2.05) is 38.3 Å². The molecule has 2 heterocycles. The third kappa shape index (κ3) is 2.73. The van der Waals surface area contributed by atoms with Gasteiger partial charge in [-0.3, -0.25) is 0 Å². The van der Waals surface area contributed by atoms with Crippen LogP contribution in [0.3, 0.4) is 0 Å². The molecule has 0 saturated heterocycles. The number of rotatable bonds is 4. The third-order valence-electron chi connectivity index (χ3n) is 2.66. The van der Waals surface area contributed by atoms with Gasteiger partial charge in [-0.05, 0) is 12.1 Å². The van der Waals surface area contributed by atoms with Crippen LogP contribution in [0.25, 0.3) is 0 Å². The van der Waals surface area contributed by atoms with Gasteiger partial charge in [0.2, 0.25) is 5.95 Å². The summed E-state index contributed by atoms with van der Waals surface area (Å²) in [5, 5.41) is 3.78. The number of nitrogens with one attached hydrogen (secondary N) is 1.